The molecule has 0 spiro atoms. The molecule has 4 aliphatic rings. The van der Waals surface area contributed by atoms with Crippen LogP contribution in [0.3, 0.4) is 0 Å². The molecule has 0 aromatic heterocycles. The first-order valence-corrected chi connectivity index (χ1v) is 13.3. The van der Waals surface area contributed by atoms with E-state index < -0.39 is 6.75 Å². The summed E-state index contributed by atoms with van der Waals surface area (Å²) < 4.78 is 0. The second-order valence-corrected chi connectivity index (χ2v) is 17.9. The molecule has 0 saturated heterocycles. The van der Waals surface area contributed by atoms with Gasteiger partial charge in [0, 0.05) is 10.5 Å². The van der Waals surface area contributed by atoms with Crippen molar-refractivity contribution < 1.29 is 0 Å². The smallest absolute Gasteiger partial charge is 0.161 e. The Balaban J connectivity index is 1.83. The predicted octanol–water partition coefficient (Wildman–Crippen LogP) is 2.95. The van der Waals surface area contributed by atoms with Crippen molar-refractivity contribution in [1.82, 2.24) is 0 Å². The van der Waals surface area contributed by atoms with Crippen LogP contribution in [0.5, 0.6) is 0 Å². The van der Waals surface area contributed by atoms with E-state index in [1.807, 2.05) is 0 Å². The summed E-state index contributed by atoms with van der Waals surface area (Å²) >= 11 is 6.51. The van der Waals surface area contributed by atoms with Crippen LogP contribution < -0.4 is 11.5 Å². The molecule has 7 heteroatoms. The van der Waals surface area contributed by atoms with Crippen LogP contribution in [0.15, 0.2) is 0 Å². The molecular formula is C16H28N4S3. The Morgan fingerprint density at radius 3 is 1.61 bits per heavy atom. The number of nitrogens with one attached hydrogen (secondary N) is 2. The first-order chi connectivity index (χ1) is 10.8. The van der Waals surface area contributed by atoms with Gasteiger partial charge in [0.2, 0.25) is 0 Å². The normalized spacial score (nSPS) is 43.4. The van der Waals surface area contributed by atoms with Crippen molar-refractivity contribution in [2.75, 3.05) is 0 Å². The first-order valence-electron chi connectivity index (χ1n) is 8.86. The minimum atomic E-state index is -2.85. The van der Waals surface area contributed by atoms with E-state index in [0.29, 0.717) is 22.3 Å². The van der Waals surface area contributed by atoms with Gasteiger partial charge in [-0.15, -0.1) is 0 Å². The van der Waals surface area contributed by atoms with Gasteiger partial charge in [0.15, 0.2) is 5.17 Å². The van der Waals surface area contributed by atoms with Gasteiger partial charge < -0.3 is 11.5 Å². The molecule has 0 aromatic rings. The quantitative estimate of drug-likeness (QED) is 0.340. The van der Waals surface area contributed by atoms with E-state index in [4.69, 9.17) is 33.5 Å². The zero-order chi connectivity index (χ0) is 16.4. The molecule has 0 aromatic carbocycles. The van der Waals surface area contributed by atoms with E-state index in [1.54, 1.807) is 0 Å². The lowest BCUT2D eigenvalue weighted by Gasteiger charge is -2.57. The molecule has 4 fully saturated rings. The zero-order valence-corrected chi connectivity index (χ0v) is 15.9. The Labute approximate surface area is 146 Å². The summed E-state index contributed by atoms with van der Waals surface area (Å²) in [5.41, 5.74) is 12.2. The molecule has 0 amide bonds. The van der Waals surface area contributed by atoms with Crippen LogP contribution in [0.1, 0.15) is 51.4 Å². The van der Waals surface area contributed by atoms with E-state index in [2.05, 4.69) is 0 Å². The molecule has 4 bridgehead atoms. The average Bonchev–Trinajstić information content (AvgIpc) is 3.25. The number of fused-ring (bicyclic) bond motifs is 4. The summed E-state index contributed by atoms with van der Waals surface area (Å²) in [5.74, 6) is 2.78. The van der Waals surface area contributed by atoms with Crippen molar-refractivity contribution in [3.05, 3.63) is 0 Å². The number of hydrogen-bond donors (Lipinski definition) is 4. The highest BCUT2D eigenvalue weighted by molar-refractivity contribution is 9.07. The third-order valence-electron chi connectivity index (χ3n) is 7.19. The molecule has 4 aliphatic carbocycles. The SMILES string of the molecule is N=C(N)SS(=S)(C(=N)N)(C1CC2CCC1C2)C1CC2CCC1C2. The Morgan fingerprint density at radius 2 is 1.35 bits per heavy atom. The Hall–Kier alpha value is -0.140. The lowest BCUT2D eigenvalue weighted by molar-refractivity contribution is 0.466. The van der Waals surface area contributed by atoms with Crippen molar-refractivity contribution in [1.29, 1.82) is 10.8 Å². The fraction of sp³-hybridized carbons (Fsp3) is 0.875. The number of amidine groups is 2. The number of nitrogens with two attached hydrogens (primary N) is 2. The van der Waals surface area contributed by atoms with E-state index in [9.17, 15) is 0 Å². The fourth-order valence-electron chi connectivity index (χ4n) is 6.37. The molecule has 23 heavy (non-hydrogen) atoms. The van der Waals surface area contributed by atoms with Crippen molar-refractivity contribution in [2.24, 2.45) is 35.1 Å². The molecule has 0 radical (unpaired) electrons. The van der Waals surface area contributed by atoms with Crippen LogP contribution in [0.2, 0.25) is 0 Å². The molecule has 6 N–H and O–H groups in total. The van der Waals surface area contributed by atoms with Crippen LogP contribution in [-0.2, 0) is 17.9 Å². The molecule has 4 nitrogen and oxygen atoms in total. The predicted molar refractivity (Wildman–Crippen MR) is 105 cm³/mol. The number of rotatable bonds is 2. The summed E-state index contributed by atoms with van der Waals surface area (Å²) in [7, 11) is 1.37. The summed E-state index contributed by atoms with van der Waals surface area (Å²) in [6.07, 6.45) is 9.90. The van der Waals surface area contributed by atoms with Gasteiger partial charge in [0.05, 0.1) is 0 Å². The topological polar surface area (TPSA) is 99.7 Å². The van der Waals surface area contributed by atoms with Gasteiger partial charge in [-0.3, -0.25) is 10.8 Å². The second-order valence-electron chi connectivity index (χ2n) is 8.23. The van der Waals surface area contributed by atoms with Crippen LogP contribution in [-0.4, -0.2) is 20.8 Å². The Bertz CT molecular complexity index is 599. The van der Waals surface area contributed by atoms with Gasteiger partial charge in [0.25, 0.3) is 0 Å². The average molecular weight is 373 g/mol. The van der Waals surface area contributed by atoms with E-state index in [1.165, 1.54) is 49.3 Å². The molecule has 4 rings (SSSR count). The molecule has 6 unspecified atom stereocenters. The summed E-state index contributed by atoms with van der Waals surface area (Å²) in [6.45, 7) is -2.85. The highest BCUT2D eigenvalue weighted by Gasteiger charge is 2.62. The minimum Gasteiger partial charge on any atom is -0.379 e. The lowest BCUT2D eigenvalue weighted by atomic mass is 10.00. The Morgan fingerprint density at radius 1 is 0.870 bits per heavy atom. The van der Waals surface area contributed by atoms with Crippen LogP contribution in [0.25, 0.3) is 0 Å². The van der Waals surface area contributed by atoms with Gasteiger partial charge in [-0.05, 0) is 73.0 Å². The van der Waals surface area contributed by atoms with Gasteiger partial charge in [0.1, 0.15) is 5.17 Å². The largest absolute Gasteiger partial charge is 0.379 e. The van der Waals surface area contributed by atoms with E-state index in [0.717, 1.165) is 24.7 Å². The highest BCUT2D eigenvalue weighted by atomic mass is 33.4. The maximum absolute atomic E-state index is 8.63. The monoisotopic (exact) mass is 372 g/mol. The summed E-state index contributed by atoms with van der Waals surface area (Å²) in [6, 6.07) is 0. The van der Waals surface area contributed by atoms with E-state index >= 15 is 0 Å². The van der Waals surface area contributed by atoms with Gasteiger partial charge in [-0.25, -0.2) is 0 Å². The highest BCUT2D eigenvalue weighted by Crippen LogP contribution is 2.66. The van der Waals surface area contributed by atoms with Crippen molar-refractivity contribution in [3.63, 3.8) is 0 Å². The van der Waals surface area contributed by atoms with Gasteiger partial charge in [-0.1, -0.05) is 30.8 Å². The fourth-order valence-corrected chi connectivity index (χ4v) is 17.0. The molecule has 6 atom stereocenters. The van der Waals surface area contributed by atoms with E-state index in [-0.39, 0.29) is 10.3 Å². The maximum Gasteiger partial charge on any atom is 0.161 e. The van der Waals surface area contributed by atoms with Crippen molar-refractivity contribution >= 4 is 39.1 Å². The van der Waals surface area contributed by atoms with Crippen LogP contribution >= 0.6 is 10.8 Å². The lowest BCUT2D eigenvalue weighted by Crippen LogP contribution is -2.61. The van der Waals surface area contributed by atoms with Gasteiger partial charge in [-0.2, -0.15) is 0 Å². The third-order valence-corrected chi connectivity index (χ3v) is 18.3. The molecule has 0 aliphatic heterocycles. The standard InChI is InChI=1S/C16H28N4S3/c17-15(18)22-23(21,16(19)20,13-7-9-1-3-11(13)5-9)14-8-10-2-4-12(14)6-10/h9-14H,1-8H2,(H3,17,18)(H3,19,20). The summed E-state index contributed by atoms with van der Waals surface area (Å²) in [5, 5.41) is 17.6. The minimum absolute atomic E-state index is 0.0859. The second kappa shape index (κ2) is 5.18. The third kappa shape index (κ3) is 2.11. The summed E-state index contributed by atoms with van der Waals surface area (Å²) in [4.78, 5) is 0. The molecule has 4 saturated carbocycles. The maximum atomic E-state index is 8.63. The zero-order valence-electron chi connectivity index (χ0n) is 13.5. The van der Waals surface area contributed by atoms with Crippen molar-refractivity contribution in [3.8, 4) is 0 Å². The van der Waals surface area contributed by atoms with Crippen molar-refractivity contribution in [2.45, 2.75) is 61.9 Å². The van der Waals surface area contributed by atoms with Gasteiger partial charge >= 0.3 is 0 Å². The molecule has 0 heterocycles. The first kappa shape index (κ1) is 16.3. The van der Waals surface area contributed by atoms with Crippen LogP contribution in [0, 0.1) is 34.5 Å². The molecule has 130 valence electrons. The number of hydrogen-bond acceptors (Lipinski definition) is 4. The molecular weight excluding hydrogens is 344 g/mol. The Kier molecular flexibility index (Phi) is 3.68. The van der Waals surface area contributed by atoms with Crippen LogP contribution in [0.4, 0.5) is 0 Å².